The molecule has 0 saturated carbocycles. The molecule has 1 fully saturated rings. The average molecular weight is 434 g/mol. The van der Waals surface area contributed by atoms with Crippen molar-refractivity contribution in [1.29, 1.82) is 0 Å². The zero-order valence-corrected chi connectivity index (χ0v) is 18.4. The number of aryl methyl sites for hydroxylation is 2. The van der Waals surface area contributed by atoms with Gasteiger partial charge >= 0.3 is 0 Å². The van der Waals surface area contributed by atoms with Crippen LogP contribution in [0.1, 0.15) is 23.6 Å². The predicted molar refractivity (Wildman–Crippen MR) is 114 cm³/mol. The fourth-order valence-corrected chi connectivity index (χ4v) is 5.29. The van der Waals surface area contributed by atoms with Gasteiger partial charge in [-0.2, -0.15) is 4.31 Å². The number of piperazine rings is 1. The first-order chi connectivity index (χ1) is 14.2. The van der Waals surface area contributed by atoms with Gasteiger partial charge in [0.15, 0.2) is 0 Å². The normalized spacial score (nSPS) is 16.9. The quantitative estimate of drug-likeness (QED) is 0.760. The molecule has 2 aromatic rings. The molecule has 1 amide bonds. The molecular formula is C22H28FN3O3S. The van der Waals surface area contributed by atoms with E-state index in [1.165, 1.54) is 16.4 Å². The topological polar surface area (TPSA) is 69.7 Å². The highest BCUT2D eigenvalue weighted by atomic mass is 32.2. The summed E-state index contributed by atoms with van der Waals surface area (Å²) in [6, 6.07) is 11.0. The van der Waals surface area contributed by atoms with E-state index in [2.05, 4.69) is 5.32 Å². The van der Waals surface area contributed by atoms with E-state index < -0.39 is 10.0 Å². The van der Waals surface area contributed by atoms with Gasteiger partial charge in [-0.3, -0.25) is 9.69 Å². The largest absolute Gasteiger partial charge is 0.351 e. The first-order valence-corrected chi connectivity index (χ1v) is 11.5. The van der Waals surface area contributed by atoms with E-state index in [0.29, 0.717) is 37.6 Å². The number of hydrogen-bond acceptors (Lipinski definition) is 4. The molecule has 1 aliphatic heterocycles. The second kappa shape index (κ2) is 9.24. The lowest BCUT2D eigenvalue weighted by molar-refractivity contribution is -0.126. The van der Waals surface area contributed by atoms with Crippen LogP contribution in [0.15, 0.2) is 47.4 Å². The highest BCUT2D eigenvalue weighted by Crippen LogP contribution is 2.22. The summed E-state index contributed by atoms with van der Waals surface area (Å²) < 4.78 is 40.5. The monoisotopic (exact) mass is 433 g/mol. The van der Waals surface area contributed by atoms with Crippen LogP contribution in [-0.2, 0) is 21.4 Å². The van der Waals surface area contributed by atoms with E-state index in [-0.39, 0.29) is 17.8 Å². The molecule has 162 valence electrons. The smallest absolute Gasteiger partial charge is 0.243 e. The maximum absolute atomic E-state index is 13.0. The van der Waals surface area contributed by atoms with Crippen molar-refractivity contribution in [2.75, 3.05) is 26.2 Å². The van der Waals surface area contributed by atoms with Crippen molar-refractivity contribution in [2.24, 2.45) is 0 Å². The fourth-order valence-electron chi connectivity index (χ4n) is 3.66. The van der Waals surface area contributed by atoms with Crippen LogP contribution in [0, 0.1) is 19.7 Å². The molecule has 0 aromatic heterocycles. The van der Waals surface area contributed by atoms with Crippen LogP contribution < -0.4 is 5.32 Å². The van der Waals surface area contributed by atoms with E-state index in [1.54, 1.807) is 18.2 Å². The van der Waals surface area contributed by atoms with E-state index in [1.807, 2.05) is 37.8 Å². The molecule has 0 bridgehead atoms. The van der Waals surface area contributed by atoms with Crippen LogP contribution in [0.25, 0.3) is 0 Å². The number of benzene rings is 2. The Morgan fingerprint density at radius 1 is 1.07 bits per heavy atom. The number of halogens is 1. The van der Waals surface area contributed by atoms with E-state index in [0.717, 1.165) is 16.7 Å². The van der Waals surface area contributed by atoms with Gasteiger partial charge in [0, 0.05) is 32.7 Å². The Bertz CT molecular complexity index is 1000. The van der Waals surface area contributed by atoms with Crippen molar-refractivity contribution in [1.82, 2.24) is 14.5 Å². The average Bonchev–Trinajstić information content (AvgIpc) is 2.72. The summed E-state index contributed by atoms with van der Waals surface area (Å²) in [5.74, 6) is -0.447. The molecule has 1 N–H and O–H groups in total. The zero-order valence-electron chi connectivity index (χ0n) is 17.6. The third-order valence-electron chi connectivity index (χ3n) is 5.53. The number of carbonyl (C=O) groups is 1. The molecule has 1 atom stereocenters. The van der Waals surface area contributed by atoms with Gasteiger partial charge in [-0.15, -0.1) is 0 Å². The van der Waals surface area contributed by atoms with Crippen molar-refractivity contribution in [3.63, 3.8) is 0 Å². The van der Waals surface area contributed by atoms with Crippen LogP contribution in [0.5, 0.6) is 0 Å². The highest BCUT2D eigenvalue weighted by molar-refractivity contribution is 7.89. The van der Waals surface area contributed by atoms with Gasteiger partial charge in [-0.25, -0.2) is 12.8 Å². The van der Waals surface area contributed by atoms with Gasteiger partial charge in [0.1, 0.15) is 5.82 Å². The number of nitrogens with one attached hydrogen (secondary N) is 1. The first-order valence-electron chi connectivity index (χ1n) is 10.0. The molecule has 6 nitrogen and oxygen atoms in total. The minimum atomic E-state index is -3.55. The molecule has 1 heterocycles. The molecule has 30 heavy (non-hydrogen) atoms. The molecule has 1 aliphatic rings. The molecule has 2 aromatic carbocycles. The Kier molecular flexibility index (Phi) is 6.90. The van der Waals surface area contributed by atoms with Crippen LogP contribution >= 0.6 is 0 Å². The summed E-state index contributed by atoms with van der Waals surface area (Å²) in [6.45, 7) is 7.52. The van der Waals surface area contributed by atoms with Crippen molar-refractivity contribution in [3.05, 3.63) is 65.0 Å². The molecule has 1 unspecified atom stereocenters. The lowest BCUT2D eigenvalue weighted by Gasteiger charge is -2.37. The molecular weight excluding hydrogens is 405 g/mol. The van der Waals surface area contributed by atoms with Crippen LogP contribution in [0.4, 0.5) is 4.39 Å². The van der Waals surface area contributed by atoms with Crippen LogP contribution in [-0.4, -0.2) is 55.8 Å². The SMILES string of the molecule is Cc1ccc(S(=O)(=O)N2CCN(C(C)C(=O)NCc3ccc(F)cc3)CC2)c(C)c1. The second-order valence-corrected chi connectivity index (χ2v) is 9.64. The zero-order chi connectivity index (χ0) is 21.9. The summed E-state index contributed by atoms with van der Waals surface area (Å²) in [4.78, 5) is 14.8. The Hall–Kier alpha value is -2.29. The summed E-state index contributed by atoms with van der Waals surface area (Å²) in [5.41, 5.74) is 2.59. The first kappa shape index (κ1) is 22.4. The summed E-state index contributed by atoms with van der Waals surface area (Å²) in [6.07, 6.45) is 0. The predicted octanol–water partition coefficient (Wildman–Crippen LogP) is 2.45. The Morgan fingerprint density at radius 3 is 2.30 bits per heavy atom. The Labute approximate surface area is 177 Å². The molecule has 1 saturated heterocycles. The standard InChI is InChI=1S/C22H28FN3O3S/c1-16-4-9-21(17(2)14-16)30(28,29)26-12-10-25(11-13-26)18(3)22(27)24-15-19-5-7-20(23)8-6-19/h4-9,14,18H,10-13,15H2,1-3H3,(H,24,27). The van der Waals surface area contributed by atoms with E-state index in [4.69, 9.17) is 0 Å². The van der Waals surface area contributed by atoms with E-state index >= 15 is 0 Å². The molecule has 0 aliphatic carbocycles. The Balaban J connectivity index is 1.56. The minimum absolute atomic E-state index is 0.134. The van der Waals surface area contributed by atoms with Crippen LogP contribution in [0.2, 0.25) is 0 Å². The lowest BCUT2D eigenvalue weighted by Crippen LogP contribution is -2.54. The van der Waals surface area contributed by atoms with Gasteiger partial charge in [0.25, 0.3) is 0 Å². The molecule has 0 radical (unpaired) electrons. The third-order valence-corrected chi connectivity index (χ3v) is 7.59. The molecule has 8 heteroatoms. The summed E-state index contributed by atoms with van der Waals surface area (Å²) >= 11 is 0. The summed E-state index contributed by atoms with van der Waals surface area (Å²) in [7, 11) is -3.55. The van der Waals surface area contributed by atoms with Gasteiger partial charge in [-0.1, -0.05) is 29.8 Å². The lowest BCUT2D eigenvalue weighted by atomic mass is 10.2. The van der Waals surface area contributed by atoms with Crippen molar-refractivity contribution in [2.45, 2.75) is 38.3 Å². The van der Waals surface area contributed by atoms with Gasteiger partial charge in [0.2, 0.25) is 15.9 Å². The maximum Gasteiger partial charge on any atom is 0.243 e. The van der Waals surface area contributed by atoms with Gasteiger partial charge < -0.3 is 5.32 Å². The Morgan fingerprint density at radius 2 is 1.70 bits per heavy atom. The van der Waals surface area contributed by atoms with Crippen molar-refractivity contribution in [3.8, 4) is 0 Å². The van der Waals surface area contributed by atoms with Gasteiger partial charge in [-0.05, 0) is 50.1 Å². The number of carbonyl (C=O) groups excluding carboxylic acids is 1. The van der Waals surface area contributed by atoms with Crippen molar-refractivity contribution < 1.29 is 17.6 Å². The number of nitrogens with zero attached hydrogens (tertiary/aromatic N) is 2. The highest BCUT2D eigenvalue weighted by Gasteiger charge is 2.32. The fraction of sp³-hybridized carbons (Fsp3) is 0.409. The molecule has 0 spiro atoms. The number of sulfonamides is 1. The number of hydrogen-bond donors (Lipinski definition) is 1. The van der Waals surface area contributed by atoms with E-state index in [9.17, 15) is 17.6 Å². The van der Waals surface area contributed by atoms with Crippen molar-refractivity contribution >= 4 is 15.9 Å². The van der Waals surface area contributed by atoms with Crippen LogP contribution in [0.3, 0.4) is 0 Å². The molecule has 3 rings (SSSR count). The van der Waals surface area contributed by atoms with Gasteiger partial charge in [0.05, 0.1) is 10.9 Å². The second-order valence-electron chi connectivity index (χ2n) is 7.73. The maximum atomic E-state index is 13.0. The number of amides is 1. The number of rotatable bonds is 6. The third kappa shape index (κ3) is 5.06. The minimum Gasteiger partial charge on any atom is -0.351 e. The summed E-state index contributed by atoms with van der Waals surface area (Å²) in [5, 5.41) is 2.86.